The zero-order chi connectivity index (χ0) is 20.3. The Hall–Kier alpha value is -3.54. The minimum Gasteiger partial charge on any atom is -0.341 e. The Balaban J connectivity index is 1.21. The van der Waals surface area contributed by atoms with Crippen LogP contribution >= 0.6 is 0 Å². The normalized spacial score (nSPS) is 14.8. The molecule has 1 N–H and O–H groups in total. The molecule has 1 aliphatic heterocycles. The standard InChI is InChI=1S/C24H25N5O/c30-23(18-19-8-10-20(11-9-19)27-12-3-4-13-27)28-14-5-15-29(17-16-28)24-25-21-6-1-2-7-22(21)26-24/h1-4,6-13H,5,14-18H2,(H,25,26). The number of H-pyrrole nitrogens is 1. The van der Waals surface area contributed by atoms with Crippen LogP contribution in [0.15, 0.2) is 73.1 Å². The molecule has 2 aromatic carbocycles. The average Bonchev–Trinajstić information content (AvgIpc) is 3.39. The number of imidazole rings is 1. The molecule has 4 aromatic rings. The summed E-state index contributed by atoms with van der Waals surface area (Å²) in [5.74, 6) is 1.08. The van der Waals surface area contributed by atoms with E-state index in [0.717, 1.165) is 60.8 Å². The summed E-state index contributed by atoms with van der Waals surface area (Å²) in [5.41, 5.74) is 4.18. The molecular formula is C24H25N5O. The number of nitrogens with zero attached hydrogens (tertiary/aromatic N) is 4. The van der Waals surface area contributed by atoms with E-state index in [9.17, 15) is 4.79 Å². The zero-order valence-electron chi connectivity index (χ0n) is 16.9. The number of amides is 1. The maximum Gasteiger partial charge on any atom is 0.227 e. The number of rotatable bonds is 4. The van der Waals surface area contributed by atoms with E-state index in [2.05, 4.69) is 26.6 Å². The van der Waals surface area contributed by atoms with E-state index in [4.69, 9.17) is 4.98 Å². The summed E-state index contributed by atoms with van der Waals surface area (Å²) >= 11 is 0. The highest BCUT2D eigenvalue weighted by atomic mass is 16.2. The van der Waals surface area contributed by atoms with Crippen LogP contribution in [0.5, 0.6) is 0 Å². The number of benzene rings is 2. The summed E-state index contributed by atoms with van der Waals surface area (Å²) in [7, 11) is 0. The Bertz CT molecular complexity index is 1100. The van der Waals surface area contributed by atoms with Gasteiger partial charge in [-0.3, -0.25) is 4.79 Å². The third-order valence-electron chi connectivity index (χ3n) is 5.72. The molecule has 1 amide bonds. The van der Waals surface area contributed by atoms with Crippen LogP contribution in [-0.2, 0) is 11.2 Å². The van der Waals surface area contributed by atoms with E-state index in [1.54, 1.807) is 0 Å². The number of hydrogen-bond donors (Lipinski definition) is 1. The van der Waals surface area contributed by atoms with Gasteiger partial charge in [-0.25, -0.2) is 4.98 Å². The first kappa shape index (κ1) is 18.5. The van der Waals surface area contributed by atoms with Crippen molar-refractivity contribution in [3.05, 3.63) is 78.6 Å². The Morgan fingerprint density at radius 3 is 2.50 bits per heavy atom. The van der Waals surface area contributed by atoms with E-state index >= 15 is 0 Å². The van der Waals surface area contributed by atoms with Gasteiger partial charge in [-0.05, 0) is 48.4 Å². The second-order valence-corrected chi connectivity index (χ2v) is 7.73. The van der Waals surface area contributed by atoms with Crippen LogP contribution in [0.4, 0.5) is 5.95 Å². The van der Waals surface area contributed by atoms with Crippen LogP contribution in [-0.4, -0.2) is 51.5 Å². The summed E-state index contributed by atoms with van der Waals surface area (Å²) in [6.07, 6.45) is 5.42. The van der Waals surface area contributed by atoms with Gasteiger partial charge >= 0.3 is 0 Å². The van der Waals surface area contributed by atoms with Crippen molar-refractivity contribution in [1.82, 2.24) is 19.4 Å². The summed E-state index contributed by atoms with van der Waals surface area (Å²) in [4.78, 5) is 25.2. The van der Waals surface area contributed by atoms with E-state index in [1.807, 2.05) is 65.8 Å². The number of carbonyl (C=O) groups excluding carboxylic acids is 1. The molecule has 2 aromatic heterocycles. The summed E-state index contributed by atoms with van der Waals surface area (Å²) in [6.45, 7) is 3.20. The minimum absolute atomic E-state index is 0.190. The molecule has 0 radical (unpaired) electrons. The predicted molar refractivity (Wildman–Crippen MR) is 119 cm³/mol. The van der Waals surface area contributed by atoms with Crippen LogP contribution in [0.2, 0.25) is 0 Å². The number of fused-ring (bicyclic) bond motifs is 1. The summed E-state index contributed by atoms with van der Waals surface area (Å²) in [5, 5.41) is 0. The third kappa shape index (κ3) is 3.81. The maximum atomic E-state index is 12.9. The van der Waals surface area contributed by atoms with E-state index in [1.165, 1.54) is 0 Å². The first-order valence-electron chi connectivity index (χ1n) is 10.5. The van der Waals surface area contributed by atoms with Gasteiger partial charge in [0.1, 0.15) is 0 Å². The van der Waals surface area contributed by atoms with Gasteiger partial charge < -0.3 is 19.4 Å². The van der Waals surface area contributed by atoms with Gasteiger partial charge in [0.25, 0.3) is 0 Å². The number of anilines is 1. The van der Waals surface area contributed by atoms with E-state index in [-0.39, 0.29) is 5.91 Å². The number of nitrogens with one attached hydrogen (secondary N) is 1. The molecule has 0 bridgehead atoms. The van der Waals surface area contributed by atoms with E-state index < -0.39 is 0 Å². The van der Waals surface area contributed by atoms with Crippen molar-refractivity contribution in [2.45, 2.75) is 12.8 Å². The van der Waals surface area contributed by atoms with Crippen LogP contribution in [0.25, 0.3) is 16.7 Å². The van der Waals surface area contributed by atoms with Gasteiger partial charge in [0, 0.05) is 44.3 Å². The fourth-order valence-electron chi connectivity index (χ4n) is 4.05. The molecule has 0 aliphatic carbocycles. The molecule has 1 aliphatic rings. The highest BCUT2D eigenvalue weighted by Crippen LogP contribution is 2.19. The molecule has 0 spiro atoms. The van der Waals surface area contributed by atoms with Gasteiger partial charge in [-0.2, -0.15) is 0 Å². The Morgan fingerprint density at radius 1 is 0.900 bits per heavy atom. The summed E-state index contributed by atoms with van der Waals surface area (Å²) < 4.78 is 2.06. The lowest BCUT2D eigenvalue weighted by Crippen LogP contribution is -2.36. The second-order valence-electron chi connectivity index (χ2n) is 7.73. The van der Waals surface area contributed by atoms with Crippen LogP contribution in [0, 0.1) is 0 Å². The van der Waals surface area contributed by atoms with Gasteiger partial charge in [0.05, 0.1) is 17.5 Å². The van der Waals surface area contributed by atoms with Gasteiger partial charge in [-0.15, -0.1) is 0 Å². The molecule has 1 fully saturated rings. The molecular weight excluding hydrogens is 374 g/mol. The summed E-state index contributed by atoms with van der Waals surface area (Å²) in [6, 6.07) is 20.3. The molecule has 6 heteroatoms. The van der Waals surface area contributed by atoms with Crippen molar-refractivity contribution in [1.29, 1.82) is 0 Å². The molecule has 0 unspecified atom stereocenters. The topological polar surface area (TPSA) is 57.2 Å². The number of aromatic amines is 1. The van der Waals surface area contributed by atoms with Crippen LogP contribution in [0.1, 0.15) is 12.0 Å². The van der Waals surface area contributed by atoms with Crippen molar-refractivity contribution in [2.75, 3.05) is 31.1 Å². The molecule has 0 atom stereocenters. The van der Waals surface area contributed by atoms with E-state index in [0.29, 0.717) is 6.42 Å². The Kier molecular flexibility index (Phi) is 4.97. The first-order valence-corrected chi connectivity index (χ1v) is 10.5. The fraction of sp³-hybridized carbons (Fsp3) is 0.250. The van der Waals surface area contributed by atoms with Gasteiger partial charge in [-0.1, -0.05) is 24.3 Å². The third-order valence-corrected chi connectivity index (χ3v) is 5.72. The largest absolute Gasteiger partial charge is 0.341 e. The van der Waals surface area contributed by atoms with Crippen molar-refractivity contribution in [2.24, 2.45) is 0 Å². The molecule has 152 valence electrons. The highest BCUT2D eigenvalue weighted by Gasteiger charge is 2.21. The number of hydrogen-bond acceptors (Lipinski definition) is 3. The van der Waals surface area contributed by atoms with Crippen molar-refractivity contribution in [3.63, 3.8) is 0 Å². The number of para-hydroxylation sites is 2. The van der Waals surface area contributed by atoms with Gasteiger partial charge in [0.2, 0.25) is 11.9 Å². The van der Waals surface area contributed by atoms with Crippen LogP contribution in [0.3, 0.4) is 0 Å². The lowest BCUT2D eigenvalue weighted by molar-refractivity contribution is -0.130. The second kappa shape index (κ2) is 8.06. The maximum absolute atomic E-state index is 12.9. The smallest absolute Gasteiger partial charge is 0.227 e. The molecule has 0 saturated carbocycles. The highest BCUT2D eigenvalue weighted by molar-refractivity contribution is 5.79. The molecule has 6 nitrogen and oxygen atoms in total. The minimum atomic E-state index is 0.190. The van der Waals surface area contributed by atoms with Gasteiger partial charge in [0.15, 0.2) is 0 Å². The molecule has 3 heterocycles. The van der Waals surface area contributed by atoms with Crippen molar-refractivity contribution in [3.8, 4) is 5.69 Å². The number of carbonyl (C=O) groups is 1. The molecule has 1 saturated heterocycles. The average molecular weight is 399 g/mol. The van der Waals surface area contributed by atoms with Crippen LogP contribution < -0.4 is 4.90 Å². The zero-order valence-corrected chi connectivity index (χ0v) is 16.9. The lowest BCUT2D eigenvalue weighted by Gasteiger charge is -2.22. The lowest BCUT2D eigenvalue weighted by atomic mass is 10.1. The molecule has 5 rings (SSSR count). The molecule has 30 heavy (non-hydrogen) atoms. The fourth-order valence-corrected chi connectivity index (χ4v) is 4.05. The Morgan fingerprint density at radius 2 is 1.70 bits per heavy atom. The SMILES string of the molecule is O=C(Cc1ccc(-n2cccc2)cc1)N1CCCN(c2nc3ccccc3[nH]2)CC1. The Labute approximate surface area is 175 Å². The van der Waals surface area contributed by atoms with Crippen molar-refractivity contribution < 1.29 is 4.79 Å². The first-order chi connectivity index (χ1) is 14.8. The van der Waals surface area contributed by atoms with Crippen molar-refractivity contribution >= 4 is 22.9 Å². The monoisotopic (exact) mass is 399 g/mol. The number of aromatic nitrogens is 3. The predicted octanol–water partition coefficient (Wildman–Crippen LogP) is 3.64. The quantitative estimate of drug-likeness (QED) is 0.570.